The van der Waals surface area contributed by atoms with Gasteiger partial charge in [0.1, 0.15) is 29.7 Å². The van der Waals surface area contributed by atoms with Gasteiger partial charge in [0.05, 0.1) is 19.3 Å². The molecule has 1 aromatic heterocycles. The van der Waals surface area contributed by atoms with Crippen LogP contribution in [0, 0.1) is 0 Å². The SMILES string of the molecule is O=C(COc1ccccc1)N[C@H]1CO[C@H]2[C@@H]1OC[C@@H]2n1nnnc1Oc1ccccc1. The van der Waals surface area contributed by atoms with Gasteiger partial charge in [-0.3, -0.25) is 4.79 Å². The van der Waals surface area contributed by atoms with Crippen LogP contribution in [0.3, 0.4) is 0 Å². The summed E-state index contributed by atoms with van der Waals surface area (Å²) in [6.45, 7) is 0.599. The van der Waals surface area contributed by atoms with Gasteiger partial charge in [-0.05, 0) is 34.7 Å². The largest absolute Gasteiger partial charge is 0.484 e. The molecule has 31 heavy (non-hydrogen) atoms. The molecule has 1 N–H and O–H groups in total. The van der Waals surface area contributed by atoms with Gasteiger partial charge in [-0.1, -0.05) is 41.5 Å². The van der Waals surface area contributed by atoms with E-state index in [-0.39, 0.29) is 42.8 Å². The number of benzene rings is 2. The monoisotopic (exact) mass is 423 g/mol. The number of nitrogens with one attached hydrogen (secondary N) is 1. The van der Waals surface area contributed by atoms with Gasteiger partial charge in [0, 0.05) is 0 Å². The molecule has 2 aliphatic rings. The smallest absolute Gasteiger partial charge is 0.341 e. The first-order valence-corrected chi connectivity index (χ1v) is 9.99. The number of carbonyl (C=O) groups excluding carboxylic acids is 1. The van der Waals surface area contributed by atoms with E-state index in [4.69, 9.17) is 18.9 Å². The predicted octanol–water partition coefficient (Wildman–Crippen LogP) is 1.37. The maximum atomic E-state index is 12.3. The molecular formula is C21H21N5O5. The van der Waals surface area contributed by atoms with E-state index in [1.54, 1.807) is 16.8 Å². The Morgan fingerprint density at radius 2 is 1.71 bits per heavy atom. The third-order valence-corrected chi connectivity index (χ3v) is 5.22. The van der Waals surface area contributed by atoms with Crippen molar-refractivity contribution in [2.75, 3.05) is 19.8 Å². The van der Waals surface area contributed by atoms with Crippen molar-refractivity contribution in [2.24, 2.45) is 0 Å². The second-order valence-corrected chi connectivity index (χ2v) is 7.26. The fourth-order valence-corrected chi connectivity index (χ4v) is 3.78. The third kappa shape index (κ3) is 4.21. The van der Waals surface area contributed by atoms with Crippen LogP contribution < -0.4 is 14.8 Å². The molecule has 0 radical (unpaired) electrons. The highest BCUT2D eigenvalue weighted by Gasteiger charge is 2.50. The van der Waals surface area contributed by atoms with Crippen molar-refractivity contribution >= 4 is 5.91 Å². The maximum absolute atomic E-state index is 12.3. The minimum Gasteiger partial charge on any atom is -0.484 e. The Morgan fingerprint density at radius 1 is 1.00 bits per heavy atom. The van der Waals surface area contributed by atoms with Crippen molar-refractivity contribution in [3.05, 3.63) is 60.7 Å². The van der Waals surface area contributed by atoms with E-state index in [2.05, 4.69) is 20.8 Å². The summed E-state index contributed by atoms with van der Waals surface area (Å²) in [4.78, 5) is 12.3. The predicted molar refractivity (Wildman–Crippen MR) is 107 cm³/mol. The summed E-state index contributed by atoms with van der Waals surface area (Å²) in [5.74, 6) is 1.03. The number of hydrogen-bond acceptors (Lipinski definition) is 8. The number of para-hydroxylation sites is 2. The van der Waals surface area contributed by atoms with E-state index in [9.17, 15) is 4.79 Å². The van der Waals surface area contributed by atoms with E-state index in [0.29, 0.717) is 24.7 Å². The van der Waals surface area contributed by atoms with Gasteiger partial charge >= 0.3 is 6.01 Å². The highest BCUT2D eigenvalue weighted by Crippen LogP contribution is 2.36. The first kappa shape index (κ1) is 19.5. The number of rotatable bonds is 7. The number of ether oxygens (including phenoxy) is 4. The van der Waals surface area contributed by atoms with Crippen molar-refractivity contribution in [1.29, 1.82) is 0 Å². The summed E-state index contributed by atoms with van der Waals surface area (Å²) >= 11 is 0. The number of aromatic nitrogens is 4. The Bertz CT molecular complexity index is 1020. The fourth-order valence-electron chi connectivity index (χ4n) is 3.78. The molecule has 0 spiro atoms. The first-order chi connectivity index (χ1) is 15.3. The van der Waals surface area contributed by atoms with Crippen molar-refractivity contribution in [3.8, 4) is 17.5 Å². The molecule has 3 heterocycles. The molecule has 2 fully saturated rings. The molecule has 2 aromatic carbocycles. The third-order valence-electron chi connectivity index (χ3n) is 5.22. The van der Waals surface area contributed by atoms with Gasteiger partial charge in [-0.2, -0.15) is 4.68 Å². The van der Waals surface area contributed by atoms with Crippen molar-refractivity contribution < 1.29 is 23.7 Å². The Kier molecular flexibility index (Phi) is 5.46. The van der Waals surface area contributed by atoms with Crippen molar-refractivity contribution in [2.45, 2.75) is 24.3 Å². The summed E-state index contributed by atoms with van der Waals surface area (Å²) in [5.41, 5.74) is 0. The van der Waals surface area contributed by atoms with Gasteiger partial charge < -0.3 is 24.3 Å². The summed E-state index contributed by atoms with van der Waals surface area (Å²) in [5, 5.41) is 14.7. The van der Waals surface area contributed by atoms with Gasteiger partial charge in [-0.25, -0.2) is 0 Å². The summed E-state index contributed by atoms with van der Waals surface area (Å²) < 4.78 is 24.8. The topological polar surface area (TPSA) is 110 Å². The van der Waals surface area contributed by atoms with Crippen LogP contribution in [0.15, 0.2) is 60.7 Å². The number of amides is 1. The molecule has 0 unspecified atom stereocenters. The van der Waals surface area contributed by atoms with E-state index in [1.807, 2.05) is 48.5 Å². The lowest BCUT2D eigenvalue weighted by Crippen LogP contribution is -2.45. The van der Waals surface area contributed by atoms with Crippen molar-refractivity contribution in [3.63, 3.8) is 0 Å². The Balaban J connectivity index is 1.20. The normalized spacial score (nSPS) is 24.5. The fraction of sp³-hybridized carbons (Fsp3) is 0.333. The molecule has 2 saturated heterocycles. The molecule has 0 saturated carbocycles. The molecule has 4 atom stereocenters. The molecular weight excluding hydrogens is 402 g/mol. The van der Waals surface area contributed by atoms with Crippen LogP contribution in [0.4, 0.5) is 0 Å². The highest BCUT2D eigenvalue weighted by molar-refractivity contribution is 5.78. The standard InChI is InChI=1S/C21H21N5O5/c27-18(13-28-14-7-3-1-4-8-14)22-16-11-29-20-17(12-30-19(16)20)26-21(23-24-25-26)31-15-9-5-2-6-10-15/h1-10,16-17,19-20H,11-13H2,(H,22,27)/t16-,17-,19+,20+/m0/s1. The van der Waals surface area contributed by atoms with Gasteiger partial charge in [0.2, 0.25) is 0 Å². The molecule has 160 valence electrons. The lowest BCUT2D eigenvalue weighted by molar-refractivity contribution is -0.124. The molecule has 0 aliphatic carbocycles. The highest BCUT2D eigenvalue weighted by atomic mass is 16.6. The zero-order valence-corrected chi connectivity index (χ0v) is 16.5. The minimum absolute atomic E-state index is 0.0800. The van der Waals surface area contributed by atoms with Crippen LogP contribution in [0.2, 0.25) is 0 Å². The summed E-state index contributed by atoms with van der Waals surface area (Å²) in [6.07, 6.45) is -0.610. The number of tetrazole rings is 1. The molecule has 3 aromatic rings. The summed E-state index contributed by atoms with van der Waals surface area (Å²) in [6, 6.07) is 18.2. The number of nitrogens with zero attached hydrogens (tertiary/aromatic N) is 4. The lowest BCUT2D eigenvalue weighted by atomic mass is 10.1. The van der Waals surface area contributed by atoms with E-state index in [1.165, 1.54) is 0 Å². The second-order valence-electron chi connectivity index (χ2n) is 7.26. The Morgan fingerprint density at radius 3 is 2.48 bits per heavy atom. The van der Waals surface area contributed by atoms with Crippen LogP contribution in [-0.4, -0.2) is 64.2 Å². The van der Waals surface area contributed by atoms with E-state index >= 15 is 0 Å². The summed E-state index contributed by atoms with van der Waals surface area (Å²) in [7, 11) is 0. The number of fused-ring (bicyclic) bond motifs is 1. The van der Waals surface area contributed by atoms with E-state index in [0.717, 1.165) is 0 Å². The average molecular weight is 423 g/mol. The van der Waals surface area contributed by atoms with E-state index < -0.39 is 0 Å². The van der Waals surface area contributed by atoms with Crippen LogP contribution in [0.5, 0.6) is 17.5 Å². The number of carbonyl (C=O) groups is 1. The molecule has 5 rings (SSSR count). The molecule has 10 heteroatoms. The van der Waals surface area contributed by atoms with Crippen LogP contribution in [0.25, 0.3) is 0 Å². The molecule has 10 nitrogen and oxygen atoms in total. The molecule has 2 aliphatic heterocycles. The quantitative estimate of drug-likeness (QED) is 0.607. The Hall–Kier alpha value is -3.50. The Labute approximate surface area is 178 Å². The van der Waals surface area contributed by atoms with Crippen LogP contribution in [0.1, 0.15) is 6.04 Å². The van der Waals surface area contributed by atoms with Crippen molar-refractivity contribution in [1.82, 2.24) is 25.5 Å². The zero-order chi connectivity index (χ0) is 21.0. The minimum atomic E-state index is -0.306. The lowest BCUT2D eigenvalue weighted by Gasteiger charge is -2.18. The number of hydrogen-bond donors (Lipinski definition) is 1. The molecule has 1 amide bonds. The second kappa shape index (κ2) is 8.70. The first-order valence-electron chi connectivity index (χ1n) is 9.99. The molecule has 0 bridgehead atoms. The average Bonchev–Trinajstić information content (AvgIpc) is 3.52. The van der Waals surface area contributed by atoms with Crippen LogP contribution in [-0.2, 0) is 14.3 Å². The van der Waals surface area contributed by atoms with Gasteiger partial charge in [0.25, 0.3) is 5.91 Å². The maximum Gasteiger partial charge on any atom is 0.341 e. The zero-order valence-electron chi connectivity index (χ0n) is 16.5. The van der Waals surface area contributed by atoms with Gasteiger partial charge in [0.15, 0.2) is 6.61 Å². The van der Waals surface area contributed by atoms with Crippen LogP contribution >= 0.6 is 0 Å². The van der Waals surface area contributed by atoms with Gasteiger partial charge in [-0.15, -0.1) is 0 Å².